The first-order chi connectivity index (χ1) is 10.9. The van der Waals surface area contributed by atoms with E-state index in [1.165, 1.54) is 5.56 Å². The molecule has 0 saturated heterocycles. The molecule has 0 amide bonds. The molecule has 0 unspecified atom stereocenters. The van der Waals surface area contributed by atoms with Crippen molar-refractivity contribution in [3.8, 4) is 0 Å². The fraction of sp³-hybridized carbons (Fsp3) is 0.588. The maximum Gasteiger partial charge on any atom is 0.292 e. The number of hydrogen-bond donors (Lipinski definition) is 0. The van der Waals surface area contributed by atoms with Crippen molar-refractivity contribution in [3.05, 3.63) is 29.8 Å². The van der Waals surface area contributed by atoms with Crippen molar-refractivity contribution in [1.29, 1.82) is 0 Å². The predicted octanol–water partition coefficient (Wildman–Crippen LogP) is 4.67. The molecule has 0 saturated carbocycles. The molecule has 0 heterocycles. The Labute approximate surface area is 151 Å². The SMILES string of the molecule is C[Si](C)(C)OC(=O)CCCc1ccc(N(CCCl)CCCl)cc1. The Bertz CT molecular complexity index is 468. The van der Waals surface area contributed by atoms with Crippen LogP contribution >= 0.6 is 23.2 Å². The summed E-state index contributed by atoms with van der Waals surface area (Å²) in [6.07, 6.45) is 2.18. The van der Waals surface area contributed by atoms with E-state index in [1.54, 1.807) is 0 Å². The molecule has 0 aromatic heterocycles. The van der Waals surface area contributed by atoms with E-state index in [-0.39, 0.29) is 5.97 Å². The van der Waals surface area contributed by atoms with Gasteiger partial charge in [0.1, 0.15) is 0 Å². The van der Waals surface area contributed by atoms with Gasteiger partial charge in [-0.3, -0.25) is 4.79 Å². The Balaban J connectivity index is 2.46. The van der Waals surface area contributed by atoms with Crippen LogP contribution in [0, 0.1) is 0 Å². The molecule has 0 spiro atoms. The van der Waals surface area contributed by atoms with Crippen LogP contribution in [0.1, 0.15) is 18.4 Å². The van der Waals surface area contributed by atoms with Gasteiger partial charge in [-0.15, -0.1) is 23.2 Å². The summed E-state index contributed by atoms with van der Waals surface area (Å²) in [5, 5.41) is 0. The lowest BCUT2D eigenvalue weighted by molar-refractivity contribution is -0.135. The molecule has 130 valence electrons. The van der Waals surface area contributed by atoms with Gasteiger partial charge in [0.25, 0.3) is 5.97 Å². The number of carbonyl (C=O) groups excluding carboxylic acids is 1. The molecule has 0 radical (unpaired) electrons. The van der Waals surface area contributed by atoms with Crippen LogP contribution in [0.25, 0.3) is 0 Å². The van der Waals surface area contributed by atoms with Crippen molar-refractivity contribution in [2.45, 2.75) is 38.9 Å². The zero-order valence-corrected chi connectivity index (χ0v) is 16.8. The lowest BCUT2D eigenvalue weighted by atomic mass is 10.1. The van der Waals surface area contributed by atoms with E-state index in [4.69, 9.17) is 27.6 Å². The third-order valence-corrected chi connectivity index (χ3v) is 4.45. The van der Waals surface area contributed by atoms with Crippen molar-refractivity contribution in [1.82, 2.24) is 0 Å². The largest absolute Gasteiger partial charge is 0.520 e. The molecule has 0 aliphatic heterocycles. The number of aryl methyl sites for hydroxylation is 1. The molecule has 1 aromatic rings. The number of nitrogens with zero attached hydrogens (tertiary/aromatic N) is 1. The van der Waals surface area contributed by atoms with E-state index in [1.807, 2.05) is 19.6 Å². The van der Waals surface area contributed by atoms with Crippen LogP contribution in [-0.2, 0) is 15.6 Å². The summed E-state index contributed by atoms with van der Waals surface area (Å²) in [6, 6.07) is 8.40. The maximum atomic E-state index is 11.7. The topological polar surface area (TPSA) is 29.5 Å². The first-order valence-corrected chi connectivity index (χ1v) is 12.5. The molecular weight excluding hydrogens is 349 g/mol. The first-order valence-electron chi connectivity index (χ1n) is 8.03. The fourth-order valence-corrected chi connectivity index (χ4v) is 3.47. The predicted molar refractivity (Wildman–Crippen MR) is 102 cm³/mol. The molecule has 1 rings (SSSR count). The molecule has 3 nitrogen and oxygen atoms in total. The van der Waals surface area contributed by atoms with Crippen LogP contribution in [0.2, 0.25) is 19.6 Å². The first kappa shape index (κ1) is 20.3. The highest BCUT2D eigenvalue weighted by atomic mass is 35.5. The van der Waals surface area contributed by atoms with E-state index < -0.39 is 8.32 Å². The van der Waals surface area contributed by atoms with E-state index in [9.17, 15) is 4.79 Å². The summed E-state index contributed by atoms with van der Waals surface area (Å²) < 4.78 is 5.45. The minimum Gasteiger partial charge on any atom is -0.520 e. The van der Waals surface area contributed by atoms with E-state index in [0.717, 1.165) is 31.6 Å². The van der Waals surface area contributed by atoms with Crippen LogP contribution in [0.4, 0.5) is 5.69 Å². The molecule has 0 atom stereocenters. The van der Waals surface area contributed by atoms with Crippen molar-refractivity contribution in [3.63, 3.8) is 0 Å². The lowest BCUT2D eigenvalue weighted by Gasteiger charge is -2.23. The molecule has 6 heteroatoms. The minimum absolute atomic E-state index is 0.0730. The average molecular weight is 376 g/mol. The van der Waals surface area contributed by atoms with E-state index in [2.05, 4.69) is 29.2 Å². The number of hydrogen-bond acceptors (Lipinski definition) is 3. The second-order valence-electron chi connectivity index (χ2n) is 6.47. The molecule has 0 aliphatic carbocycles. The average Bonchev–Trinajstić information content (AvgIpc) is 2.46. The third-order valence-electron chi connectivity index (χ3n) is 3.28. The van der Waals surface area contributed by atoms with Crippen molar-refractivity contribution >= 4 is 43.2 Å². The van der Waals surface area contributed by atoms with Gasteiger partial charge in [0.2, 0.25) is 8.32 Å². The van der Waals surface area contributed by atoms with Gasteiger partial charge in [-0.1, -0.05) is 12.1 Å². The van der Waals surface area contributed by atoms with Crippen molar-refractivity contribution < 1.29 is 9.22 Å². The smallest absolute Gasteiger partial charge is 0.292 e. The van der Waals surface area contributed by atoms with Crippen molar-refractivity contribution in [2.75, 3.05) is 29.7 Å². The Kier molecular flexibility index (Phi) is 9.03. The second kappa shape index (κ2) is 10.2. The van der Waals surface area contributed by atoms with Crippen LogP contribution in [0.3, 0.4) is 0 Å². The highest BCUT2D eigenvalue weighted by Gasteiger charge is 2.19. The quantitative estimate of drug-likeness (QED) is 0.439. The van der Waals surface area contributed by atoms with Crippen LogP contribution in [0.5, 0.6) is 0 Å². The maximum absolute atomic E-state index is 11.7. The summed E-state index contributed by atoms with van der Waals surface area (Å²) in [7, 11) is -1.76. The Morgan fingerprint density at radius 3 is 2.13 bits per heavy atom. The van der Waals surface area contributed by atoms with E-state index in [0.29, 0.717) is 18.2 Å². The van der Waals surface area contributed by atoms with Crippen LogP contribution in [0.15, 0.2) is 24.3 Å². The van der Waals surface area contributed by atoms with Gasteiger partial charge in [-0.05, 0) is 50.2 Å². The Hall–Kier alpha value is -0.713. The monoisotopic (exact) mass is 375 g/mol. The minimum atomic E-state index is -1.76. The number of carbonyl (C=O) groups is 1. The van der Waals surface area contributed by atoms with Gasteiger partial charge >= 0.3 is 0 Å². The van der Waals surface area contributed by atoms with Gasteiger partial charge in [0.15, 0.2) is 0 Å². The third kappa shape index (κ3) is 8.63. The summed E-state index contributed by atoms with van der Waals surface area (Å²) >= 11 is 11.7. The summed E-state index contributed by atoms with van der Waals surface area (Å²) in [4.78, 5) is 13.9. The molecular formula is C17H27Cl2NO2Si. The van der Waals surface area contributed by atoms with E-state index >= 15 is 0 Å². The summed E-state index contributed by atoms with van der Waals surface area (Å²) in [6.45, 7) is 7.65. The number of halogens is 2. The van der Waals surface area contributed by atoms with Gasteiger partial charge < -0.3 is 9.33 Å². The standard InChI is InChI=1S/C17H27Cl2NO2Si/c1-23(2,3)22-17(21)6-4-5-15-7-9-16(10-8-15)20(13-11-18)14-12-19/h7-10H,4-6,11-14H2,1-3H3. The molecule has 0 fully saturated rings. The highest BCUT2D eigenvalue weighted by molar-refractivity contribution is 6.71. The number of alkyl halides is 2. The van der Waals surface area contributed by atoms with Crippen molar-refractivity contribution in [2.24, 2.45) is 0 Å². The molecule has 0 bridgehead atoms. The zero-order chi connectivity index (χ0) is 17.3. The number of rotatable bonds is 10. The summed E-state index contributed by atoms with van der Waals surface area (Å²) in [5.41, 5.74) is 2.36. The molecule has 23 heavy (non-hydrogen) atoms. The highest BCUT2D eigenvalue weighted by Crippen LogP contribution is 2.17. The summed E-state index contributed by atoms with van der Waals surface area (Å²) in [5.74, 6) is 1.09. The molecule has 0 N–H and O–H groups in total. The lowest BCUT2D eigenvalue weighted by Crippen LogP contribution is -2.29. The van der Waals surface area contributed by atoms with Crippen LogP contribution in [-0.4, -0.2) is 39.1 Å². The number of anilines is 1. The fourth-order valence-electron chi connectivity index (χ4n) is 2.28. The Morgan fingerprint density at radius 1 is 1.09 bits per heavy atom. The van der Waals surface area contributed by atoms with Crippen LogP contribution < -0.4 is 4.90 Å². The van der Waals surface area contributed by atoms with Gasteiger partial charge in [0.05, 0.1) is 0 Å². The van der Waals surface area contributed by atoms with Gasteiger partial charge in [0, 0.05) is 37.0 Å². The van der Waals surface area contributed by atoms with Gasteiger partial charge in [-0.2, -0.15) is 0 Å². The van der Waals surface area contributed by atoms with Gasteiger partial charge in [-0.25, -0.2) is 0 Å². The second-order valence-corrected chi connectivity index (χ2v) is 11.7. The molecule has 0 aliphatic rings. The normalized spacial score (nSPS) is 11.3. The zero-order valence-electron chi connectivity index (χ0n) is 14.3. The number of benzene rings is 1. The molecule has 1 aromatic carbocycles. The Morgan fingerprint density at radius 2 is 1.65 bits per heavy atom.